The first-order valence-corrected chi connectivity index (χ1v) is 6.11. The lowest BCUT2D eigenvalue weighted by atomic mass is 10.0. The average molecular weight is 205 g/mol. The molecule has 0 aliphatic rings. The smallest absolute Gasteiger partial charge is 0.0370 e. The fourth-order valence-corrected chi connectivity index (χ4v) is 1.92. The predicted octanol–water partition coefficient (Wildman–Crippen LogP) is 4.02. The van der Waals surface area contributed by atoms with E-state index >= 15 is 0 Å². The first-order valence-electron chi connectivity index (χ1n) is 6.11. The molecule has 1 aromatic carbocycles. The zero-order valence-electron chi connectivity index (χ0n) is 10.3. The number of aryl methyl sites for hydroxylation is 2. The highest BCUT2D eigenvalue weighted by atomic mass is 14.8. The van der Waals surface area contributed by atoms with Crippen LogP contribution in [0.5, 0.6) is 0 Å². The van der Waals surface area contributed by atoms with Crippen molar-refractivity contribution in [3.05, 3.63) is 29.3 Å². The highest BCUT2D eigenvalue weighted by Crippen LogP contribution is 2.19. The third-order valence-corrected chi connectivity index (χ3v) is 2.89. The molecular weight excluding hydrogens is 182 g/mol. The van der Waals surface area contributed by atoms with Crippen molar-refractivity contribution in [1.82, 2.24) is 0 Å². The van der Waals surface area contributed by atoms with Crippen molar-refractivity contribution < 1.29 is 0 Å². The lowest BCUT2D eigenvalue weighted by molar-refractivity contribution is 0.717. The molecule has 84 valence electrons. The van der Waals surface area contributed by atoms with Gasteiger partial charge in [-0.15, -0.1) is 0 Å². The van der Waals surface area contributed by atoms with Gasteiger partial charge in [0, 0.05) is 12.7 Å². The maximum Gasteiger partial charge on any atom is 0.0370 e. The van der Waals surface area contributed by atoms with Gasteiger partial charge in [0.2, 0.25) is 0 Å². The number of rotatable bonds is 6. The second-order valence-electron chi connectivity index (χ2n) is 4.05. The Labute approximate surface area is 93.9 Å². The SMILES string of the molecule is CCCCCc1ccc(NC)c(CC)c1. The van der Waals surface area contributed by atoms with Crippen LogP contribution in [0.3, 0.4) is 0 Å². The number of benzene rings is 1. The normalized spacial score (nSPS) is 10.3. The summed E-state index contributed by atoms with van der Waals surface area (Å²) in [5, 5.41) is 3.24. The molecular formula is C14H23N. The molecule has 15 heavy (non-hydrogen) atoms. The molecule has 1 aromatic rings. The average Bonchev–Trinajstić information content (AvgIpc) is 2.29. The molecule has 0 heterocycles. The first-order chi connectivity index (χ1) is 7.31. The molecule has 0 atom stereocenters. The minimum absolute atomic E-state index is 1.11. The molecule has 0 saturated heterocycles. The van der Waals surface area contributed by atoms with Crippen LogP contribution in [0, 0.1) is 0 Å². The Morgan fingerprint density at radius 1 is 1.13 bits per heavy atom. The summed E-state index contributed by atoms with van der Waals surface area (Å²) in [5.74, 6) is 0. The molecule has 1 N–H and O–H groups in total. The van der Waals surface area contributed by atoms with E-state index in [1.807, 2.05) is 7.05 Å². The van der Waals surface area contributed by atoms with E-state index in [2.05, 4.69) is 37.4 Å². The lowest BCUT2D eigenvalue weighted by Gasteiger charge is -2.09. The Hall–Kier alpha value is -0.980. The van der Waals surface area contributed by atoms with E-state index in [1.54, 1.807) is 0 Å². The summed E-state index contributed by atoms with van der Waals surface area (Å²) in [6.45, 7) is 4.47. The maximum absolute atomic E-state index is 3.24. The van der Waals surface area contributed by atoms with Gasteiger partial charge in [-0.2, -0.15) is 0 Å². The molecule has 0 spiro atoms. The van der Waals surface area contributed by atoms with E-state index in [-0.39, 0.29) is 0 Å². The third-order valence-electron chi connectivity index (χ3n) is 2.89. The second-order valence-corrected chi connectivity index (χ2v) is 4.05. The van der Waals surface area contributed by atoms with E-state index in [9.17, 15) is 0 Å². The van der Waals surface area contributed by atoms with Crippen molar-refractivity contribution in [2.24, 2.45) is 0 Å². The van der Waals surface area contributed by atoms with Crippen molar-refractivity contribution in [2.75, 3.05) is 12.4 Å². The van der Waals surface area contributed by atoms with Gasteiger partial charge >= 0.3 is 0 Å². The van der Waals surface area contributed by atoms with Crippen molar-refractivity contribution in [3.8, 4) is 0 Å². The molecule has 0 aliphatic carbocycles. The molecule has 1 heteroatoms. The fourth-order valence-electron chi connectivity index (χ4n) is 1.92. The van der Waals surface area contributed by atoms with Gasteiger partial charge in [0.25, 0.3) is 0 Å². The molecule has 0 aromatic heterocycles. The van der Waals surface area contributed by atoms with Crippen LogP contribution in [-0.4, -0.2) is 7.05 Å². The van der Waals surface area contributed by atoms with Crippen LogP contribution in [0.25, 0.3) is 0 Å². The summed E-state index contributed by atoms with van der Waals surface area (Å²) in [5.41, 5.74) is 4.20. The van der Waals surface area contributed by atoms with Crippen LogP contribution < -0.4 is 5.32 Å². The van der Waals surface area contributed by atoms with Gasteiger partial charge < -0.3 is 5.32 Å². The Kier molecular flexibility index (Phi) is 5.23. The van der Waals surface area contributed by atoms with Gasteiger partial charge in [-0.05, 0) is 36.5 Å². The van der Waals surface area contributed by atoms with E-state index < -0.39 is 0 Å². The molecule has 1 rings (SSSR count). The zero-order chi connectivity index (χ0) is 11.1. The number of anilines is 1. The molecule has 0 bridgehead atoms. The number of hydrogen-bond acceptors (Lipinski definition) is 1. The summed E-state index contributed by atoms with van der Waals surface area (Å²) < 4.78 is 0. The minimum Gasteiger partial charge on any atom is -0.388 e. The second kappa shape index (κ2) is 6.49. The van der Waals surface area contributed by atoms with Crippen molar-refractivity contribution in [2.45, 2.75) is 46.0 Å². The number of hydrogen-bond donors (Lipinski definition) is 1. The van der Waals surface area contributed by atoms with Crippen LogP contribution in [0.4, 0.5) is 5.69 Å². The van der Waals surface area contributed by atoms with Gasteiger partial charge in [0.15, 0.2) is 0 Å². The highest BCUT2D eigenvalue weighted by Gasteiger charge is 2.00. The van der Waals surface area contributed by atoms with E-state index in [0.29, 0.717) is 0 Å². The Bertz CT molecular complexity index is 291. The first kappa shape index (κ1) is 12.1. The summed E-state index contributed by atoms with van der Waals surface area (Å²) in [4.78, 5) is 0. The molecule has 0 unspecified atom stereocenters. The zero-order valence-corrected chi connectivity index (χ0v) is 10.3. The third kappa shape index (κ3) is 3.58. The predicted molar refractivity (Wildman–Crippen MR) is 68.6 cm³/mol. The van der Waals surface area contributed by atoms with Gasteiger partial charge in [0.05, 0.1) is 0 Å². The van der Waals surface area contributed by atoms with Gasteiger partial charge in [-0.1, -0.05) is 38.8 Å². The summed E-state index contributed by atoms with van der Waals surface area (Å²) in [6, 6.07) is 6.81. The molecule has 1 nitrogen and oxygen atoms in total. The number of nitrogens with one attached hydrogen (secondary N) is 1. The van der Waals surface area contributed by atoms with E-state index in [4.69, 9.17) is 0 Å². The lowest BCUT2D eigenvalue weighted by Crippen LogP contribution is -1.96. The summed E-state index contributed by atoms with van der Waals surface area (Å²) in [6.07, 6.45) is 6.30. The molecule has 0 aliphatic heterocycles. The topological polar surface area (TPSA) is 12.0 Å². The Morgan fingerprint density at radius 2 is 1.93 bits per heavy atom. The van der Waals surface area contributed by atoms with Gasteiger partial charge in [0.1, 0.15) is 0 Å². The summed E-state index contributed by atoms with van der Waals surface area (Å²) in [7, 11) is 1.99. The van der Waals surface area contributed by atoms with E-state index in [1.165, 1.54) is 42.5 Å². The molecule has 0 saturated carbocycles. The minimum atomic E-state index is 1.11. The fraction of sp³-hybridized carbons (Fsp3) is 0.571. The van der Waals surface area contributed by atoms with Crippen LogP contribution in [-0.2, 0) is 12.8 Å². The molecule has 0 fully saturated rings. The Balaban J connectivity index is 2.66. The molecule has 0 amide bonds. The quantitative estimate of drug-likeness (QED) is 0.692. The molecule has 0 radical (unpaired) electrons. The maximum atomic E-state index is 3.24. The van der Waals surface area contributed by atoms with Crippen LogP contribution in [0.1, 0.15) is 44.2 Å². The monoisotopic (exact) mass is 205 g/mol. The van der Waals surface area contributed by atoms with Crippen LogP contribution in [0.2, 0.25) is 0 Å². The Morgan fingerprint density at radius 3 is 2.53 bits per heavy atom. The van der Waals surface area contributed by atoms with E-state index in [0.717, 1.165) is 6.42 Å². The van der Waals surface area contributed by atoms with Gasteiger partial charge in [-0.25, -0.2) is 0 Å². The van der Waals surface area contributed by atoms with Crippen molar-refractivity contribution in [1.29, 1.82) is 0 Å². The van der Waals surface area contributed by atoms with Crippen LogP contribution >= 0.6 is 0 Å². The summed E-state index contributed by atoms with van der Waals surface area (Å²) >= 11 is 0. The van der Waals surface area contributed by atoms with Crippen LogP contribution in [0.15, 0.2) is 18.2 Å². The standard InChI is InChI=1S/C14H23N/c1-4-6-7-8-12-9-10-14(15-3)13(5-2)11-12/h9-11,15H,4-8H2,1-3H3. The van der Waals surface area contributed by atoms with Crippen molar-refractivity contribution in [3.63, 3.8) is 0 Å². The highest BCUT2D eigenvalue weighted by molar-refractivity contribution is 5.52. The number of unbranched alkanes of at least 4 members (excludes halogenated alkanes) is 2. The largest absolute Gasteiger partial charge is 0.388 e. The van der Waals surface area contributed by atoms with Crippen molar-refractivity contribution >= 4 is 5.69 Å². The van der Waals surface area contributed by atoms with Gasteiger partial charge in [-0.3, -0.25) is 0 Å².